The van der Waals surface area contributed by atoms with Gasteiger partial charge in [-0.05, 0) is 27.4 Å². The predicted molar refractivity (Wildman–Crippen MR) is 60.9 cm³/mol. The van der Waals surface area contributed by atoms with Crippen LogP contribution in [0.15, 0.2) is 4.52 Å². The van der Waals surface area contributed by atoms with Gasteiger partial charge in [0.05, 0.1) is 5.69 Å². The third-order valence-corrected chi connectivity index (χ3v) is 2.69. The smallest absolute Gasteiger partial charge is 0.138 e. The average molecular weight is 211 g/mol. The van der Waals surface area contributed by atoms with Gasteiger partial charge in [-0.1, -0.05) is 12.1 Å². The van der Waals surface area contributed by atoms with Crippen LogP contribution in [0.3, 0.4) is 0 Å². The summed E-state index contributed by atoms with van der Waals surface area (Å²) in [7, 11) is 2.12. The molecule has 0 aliphatic heterocycles. The van der Waals surface area contributed by atoms with Crippen LogP contribution >= 0.6 is 0 Å². The molecule has 0 bridgehead atoms. The number of nitrogens with zero attached hydrogens (tertiary/aromatic N) is 2. The van der Waals surface area contributed by atoms with E-state index in [1.807, 2.05) is 13.8 Å². The summed E-state index contributed by atoms with van der Waals surface area (Å²) in [6.07, 6.45) is 0. The molecule has 1 aromatic rings. The predicted octanol–water partition coefficient (Wildman–Crippen LogP) is 1.33. The van der Waals surface area contributed by atoms with Gasteiger partial charge >= 0.3 is 0 Å². The maximum Gasteiger partial charge on any atom is 0.138 e. The molecule has 4 heteroatoms. The molecule has 0 radical (unpaired) electrons. The summed E-state index contributed by atoms with van der Waals surface area (Å²) in [5, 5.41) is 7.31. The fourth-order valence-corrected chi connectivity index (χ4v) is 1.40. The topological polar surface area (TPSA) is 41.3 Å². The van der Waals surface area contributed by atoms with Crippen LogP contribution in [-0.4, -0.2) is 36.7 Å². The number of aryl methyl sites for hydroxylation is 2. The van der Waals surface area contributed by atoms with Crippen molar-refractivity contribution in [3.8, 4) is 0 Å². The standard InChI is InChI=1S/C11H21N3O/c1-5-14(4)7-6-12-8-11-9(2)13-15-10(11)3/h12H,5-8H2,1-4H3. The van der Waals surface area contributed by atoms with Gasteiger partial charge in [0.15, 0.2) is 0 Å². The Labute approximate surface area is 91.6 Å². The molecule has 0 aliphatic carbocycles. The van der Waals surface area contributed by atoms with Crippen LogP contribution in [0.25, 0.3) is 0 Å². The summed E-state index contributed by atoms with van der Waals surface area (Å²) in [6.45, 7) is 10.1. The normalized spacial score (nSPS) is 11.3. The fraction of sp³-hybridized carbons (Fsp3) is 0.727. The average Bonchev–Trinajstić information content (AvgIpc) is 2.54. The van der Waals surface area contributed by atoms with Gasteiger partial charge in [-0.15, -0.1) is 0 Å². The SMILES string of the molecule is CCN(C)CCNCc1c(C)noc1C. The van der Waals surface area contributed by atoms with Crippen molar-refractivity contribution in [1.29, 1.82) is 0 Å². The summed E-state index contributed by atoms with van der Waals surface area (Å²) in [5.41, 5.74) is 2.18. The number of likely N-dealkylation sites (N-methyl/N-ethyl adjacent to an activating group) is 1. The summed E-state index contributed by atoms with van der Waals surface area (Å²) in [6, 6.07) is 0. The molecule has 0 saturated carbocycles. The fourth-order valence-electron chi connectivity index (χ4n) is 1.40. The second-order valence-electron chi connectivity index (χ2n) is 3.88. The van der Waals surface area contributed by atoms with Crippen LogP contribution < -0.4 is 5.32 Å². The quantitative estimate of drug-likeness (QED) is 0.721. The summed E-state index contributed by atoms with van der Waals surface area (Å²) >= 11 is 0. The molecule has 0 atom stereocenters. The molecule has 4 nitrogen and oxygen atoms in total. The van der Waals surface area contributed by atoms with E-state index in [1.165, 1.54) is 5.56 Å². The molecule has 0 aliphatic rings. The van der Waals surface area contributed by atoms with Crippen LogP contribution in [0.4, 0.5) is 0 Å². The van der Waals surface area contributed by atoms with Crippen molar-refractivity contribution in [2.75, 3.05) is 26.7 Å². The Kier molecular flexibility index (Phi) is 4.78. The van der Waals surface area contributed by atoms with E-state index in [0.29, 0.717) is 0 Å². The van der Waals surface area contributed by atoms with Crippen molar-refractivity contribution in [3.05, 3.63) is 17.0 Å². The minimum Gasteiger partial charge on any atom is -0.361 e. The molecule has 0 unspecified atom stereocenters. The maximum atomic E-state index is 5.09. The van der Waals surface area contributed by atoms with Gasteiger partial charge in [-0.3, -0.25) is 0 Å². The van der Waals surface area contributed by atoms with E-state index in [9.17, 15) is 0 Å². The molecular weight excluding hydrogens is 190 g/mol. The van der Waals surface area contributed by atoms with Crippen molar-refractivity contribution in [2.45, 2.75) is 27.3 Å². The molecule has 1 aromatic heterocycles. The monoisotopic (exact) mass is 211 g/mol. The van der Waals surface area contributed by atoms with E-state index < -0.39 is 0 Å². The molecule has 1 N–H and O–H groups in total. The van der Waals surface area contributed by atoms with Gasteiger partial charge in [0.2, 0.25) is 0 Å². The van der Waals surface area contributed by atoms with E-state index in [-0.39, 0.29) is 0 Å². The van der Waals surface area contributed by atoms with Crippen LogP contribution in [0.5, 0.6) is 0 Å². The molecular formula is C11H21N3O. The van der Waals surface area contributed by atoms with Crippen LogP contribution in [0, 0.1) is 13.8 Å². The minimum absolute atomic E-state index is 0.846. The minimum atomic E-state index is 0.846. The number of hydrogen-bond donors (Lipinski definition) is 1. The zero-order valence-corrected chi connectivity index (χ0v) is 10.1. The Morgan fingerprint density at radius 2 is 2.13 bits per heavy atom. The Morgan fingerprint density at radius 3 is 2.67 bits per heavy atom. The van der Waals surface area contributed by atoms with E-state index in [0.717, 1.165) is 37.6 Å². The number of hydrogen-bond acceptors (Lipinski definition) is 4. The summed E-state index contributed by atoms with van der Waals surface area (Å²) in [5.74, 6) is 0.920. The molecule has 0 amide bonds. The second kappa shape index (κ2) is 5.88. The zero-order valence-electron chi connectivity index (χ0n) is 10.1. The Bertz CT molecular complexity index is 277. The molecule has 1 rings (SSSR count). The molecule has 1 heterocycles. The lowest BCUT2D eigenvalue weighted by atomic mass is 10.2. The molecule has 15 heavy (non-hydrogen) atoms. The van der Waals surface area contributed by atoms with Crippen LogP contribution in [0.1, 0.15) is 23.9 Å². The molecule has 0 spiro atoms. The highest BCUT2D eigenvalue weighted by Gasteiger charge is 2.07. The van der Waals surface area contributed by atoms with Gasteiger partial charge in [-0.25, -0.2) is 0 Å². The van der Waals surface area contributed by atoms with Crippen molar-refractivity contribution < 1.29 is 4.52 Å². The highest BCUT2D eigenvalue weighted by Crippen LogP contribution is 2.10. The van der Waals surface area contributed by atoms with Gasteiger partial charge < -0.3 is 14.7 Å². The summed E-state index contributed by atoms with van der Waals surface area (Å²) < 4.78 is 5.09. The van der Waals surface area contributed by atoms with Crippen molar-refractivity contribution >= 4 is 0 Å². The van der Waals surface area contributed by atoms with E-state index >= 15 is 0 Å². The highest BCUT2D eigenvalue weighted by atomic mass is 16.5. The first-order chi connectivity index (χ1) is 7.15. The summed E-state index contributed by atoms with van der Waals surface area (Å²) in [4.78, 5) is 2.28. The van der Waals surface area contributed by atoms with Crippen LogP contribution in [0.2, 0.25) is 0 Å². The van der Waals surface area contributed by atoms with E-state index in [1.54, 1.807) is 0 Å². The molecule has 86 valence electrons. The maximum absolute atomic E-state index is 5.09. The number of nitrogens with one attached hydrogen (secondary N) is 1. The Hall–Kier alpha value is -0.870. The highest BCUT2D eigenvalue weighted by molar-refractivity contribution is 5.20. The van der Waals surface area contributed by atoms with Crippen molar-refractivity contribution in [3.63, 3.8) is 0 Å². The molecule has 0 fully saturated rings. The largest absolute Gasteiger partial charge is 0.361 e. The Balaban J connectivity index is 2.26. The van der Waals surface area contributed by atoms with E-state index in [2.05, 4.69) is 29.3 Å². The lowest BCUT2D eigenvalue weighted by molar-refractivity contribution is 0.348. The first kappa shape index (κ1) is 12.2. The molecule has 0 saturated heterocycles. The zero-order chi connectivity index (χ0) is 11.3. The lowest BCUT2D eigenvalue weighted by Gasteiger charge is -2.13. The van der Waals surface area contributed by atoms with Crippen LogP contribution in [-0.2, 0) is 6.54 Å². The third kappa shape index (κ3) is 3.64. The van der Waals surface area contributed by atoms with Crippen molar-refractivity contribution in [2.24, 2.45) is 0 Å². The van der Waals surface area contributed by atoms with Gasteiger partial charge in [0.25, 0.3) is 0 Å². The third-order valence-electron chi connectivity index (χ3n) is 2.69. The lowest BCUT2D eigenvalue weighted by Crippen LogP contribution is -2.28. The first-order valence-electron chi connectivity index (χ1n) is 5.46. The van der Waals surface area contributed by atoms with Crippen molar-refractivity contribution in [1.82, 2.24) is 15.4 Å². The van der Waals surface area contributed by atoms with Gasteiger partial charge in [-0.2, -0.15) is 0 Å². The number of aromatic nitrogens is 1. The van der Waals surface area contributed by atoms with Gasteiger partial charge in [0.1, 0.15) is 5.76 Å². The Morgan fingerprint density at radius 1 is 1.40 bits per heavy atom. The number of rotatable bonds is 6. The van der Waals surface area contributed by atoms with Gasteiger partial charge in [0, 0.05) is 25.2 Å². The van der Waals surface area contributed by atoms with E-state index in [4.69, 9.17) is 4.52 Å². The first-order valence-corrected chi connectivity index (χ1v) is 5.46. The molecule has 0 aromatic carbocycles. The second-order valence-corrected chi connectivity index (χ2v) is 3.88.